The van der Waals surface area contributed by atoms with E-state index in [2.05, 4.69) is 4.98 Å². The summed E-state index contributed by atoms with van der Waals surface area (Å²) in [5.41, 5.74) is -0.381. The lowest BCUT2D eigenvalue weighted by Gasteiger charge is -2.42. The molecule has 0 atom stereocenters. The van der Waals surface area contributed by atoms with Crippen LogP contribution in [-0.2, 0) is 11.8 Å². The van der Waals surface area contributed by atoms with Gasteiger partial charge < -0.3 is 19.5 Å². The molecular formula is C19H29N5O4. The van der Waals surface area contributed by atoms with Gasteiger partial charge >= 0.3 is 6.03 Å². The summed E-state index contributed by atoms with van der Waals surface area (Å²) < 4.78 is 1.68. The number of imide groups is 1. The number of aliphatic hydroxyl groups is 1. The van der Waals surface area contributed by atoms with E-state index in [1.54, 1.807) is 33.9 Å². The summed E-state index contributed by atoms with van der Waals surface area (Å²) in [6, 6.07) is -0.279. The minimum absolute atomic E-state index is 0.0682. The number of urea groups is 1. The summed E-state index contributed by atoms with van der Waals surface area (Å²) in [4.78, 5) is 47.6. The van der Waals surface area contributed by atoms with E-state index in [1.165, 1.54) is 4.90 Å². The molecule has 0 radical (unpaired) electrons. The average molecular weight is 391 g/mol. The van der Waals surface area contributed by atoms with Gasteiger partial charge in [-0.25, -0.2) is 9.78 Å². The Morgan fingerprint density at radius 2 is 1.96 bits per heavy atom. The van der Waals surface area contributed by atoms with Crippen LogP contribution in [0.15, 0.2) is 12.5 Å². The molecule has 9 heteroatoms. The van der Waals surface area contributed by atoms with Crippen LogP contribution >= 0.6 is 0 Å². The third-order valence-corrected chi connectivity index (χ3v) is 5.62. The Labute approximate surface area is 164 Å². The van der Waals surface area contributed by atoms with Crippen molar-refractivity contribution in [1.82, 2.24) is 24.3 Å². The molecule has 4 amide bonds. The second-order valence-electron chi connectivity index (χ2n) is 8.03. The number of aliphatic hydroxyl groups excluding tert-OH is 1. The molecule has 1 spiro atoms. The van der Waals surface area contributed by atoms with Gasteiger partial charge in [0, 0.05) is 39.8 Å². The molecule has 2 saturated heterocycles. The highest BCUT2D eigenvalue weighted by molar-refractivity contribution is 6.07. The lowest BCUT2D eigenvalue weighted by atomic mass is 9.85. The maximum atomic E-state index is 13.2. The summed E-state index contributed by atoms with van der Waals surface area (Å²) in [5, 5.41) is 9.11. The molecule has 0 saturated carbocycles. The number of aryl methyl sites for hydroxylation is 1. The summed E-state index contributed by atoms with van der Waals surface area (Å²) in [5.74, 6) is -0.0843. The standard InChI is InChI=1S/C19H29N5O4/c1-14(2)12-24-18(28)23(7-4-10-25)17(27)19(24)5-8-22(9-6-19)16(26)15-11-20-13-21(15)3/h11,13-14,25H,4-10,12H2,1-3H3. The van der Waals surface area contributed by atoms with Crippen LogP contribution in [0, 0.1) is 5.92 Å². The van der Waals surface area contributed by atoms with Gasteiger partial charge in [-0.2, -0.15) is 0 Å². The van der Waals surface area contributed by atoms with Crippen molar-refractivity contribution in [3.8, 4) is 0 Å². The zero-order valence-corrected chi connectivity index (χ0v) is 16.8. The van der Waals surface area contributed by atoms with Crippen molar-refractivity contribution in [1.29, 1.82) is 0 Å². The molecule has 28 heavy (non-hydrogen) atoms. The fraction of sp³-hybridized carbons (Fsp3) is 0.684. The second-order valence-corrected chi connectivity index (χ2v) is 8.03. The lowest BCUT2D eigenvalue weighted by molar-refractivity contribution is -0.135. The maximum absolute atomic E-state index is 13.2. The van der Waals surface area contributed by atoms with Crippen LogP contribution in [0.5, 0.6) is 0 Å². The number of carbonyl (C=O) groups is 3. The van der Waals surface area contributed by atoms with Crippen molar-refractivity contribution in [2.45, 2.75) is 38.6 Å². The van der Waals surface area contributed by atoms with Crippen molar-refractivity contribution in [3.63, 3.8) is 0 Å². The first-order valence-electron chi connectivity index (χ1n) is 9.82. The molecule has 1 N–H and O–H groups in total. The zero-order chi connectivity index (χ0) is 20.5. The molecule has 3 rings (SSSR count). The number of carbonyl (C=O) groups excluding carboxylic acids is 3. The van der Waals surface area contributed by atoms with Crippen LogP contribution in [-0.4, -0.2) is 85.5 Å². The van der Waals surface area contributed by atoms with Crippen molar-refractivity contribution in [3.05, 3.63) is 18.2 Å². The number of likely N-dealkylation sites (tertiary alicyclic amines) is 1. The van der Waals surface area contributed by atoms with Crippen LogP contribution < -0.4 is 0 Å². The normalized spacial score (nSPS) is 19.4. The predicted molar refractivity (Wildman–Crippen MR) is 101 cm³/mol. The van der Waals surface area contributed by atoms with Crippen LogP contribution in [0.1, 0.15) is 43.6 Å². The molecule has 2 aliphatic rings. The van der Waals surface area contributed by atoms with Gasteiger partial charge in [-0.15, -0.1) is 0 Å². The first-order valence-corrected chi connectivity index (χ1v) is 9.82. The summed E-state index contributed by atoms with van der Waals surface area (Å²) >= 11 is 0. The van der Waals surface area contributed by atoms with Gasteiger partial charge in [0.15, 0.2) is 0 Å². The minimum atomic E-state index is -0.889. The smallest absolute Gasteiger partial charge is 0.327 e. The molecule has 0 aromatic carbocycles. The molecule has 1 aromatic heterocycles. The minimum Gasteiger partial charge on any atom is -0.396 e. The summed E-state index contributed by atoms with van der Waals surface area (Å²) in [7, 11) is 1.77. The third-order valence-electron chi connectivity index (χ3n) is 5.62. The van der Waals surface area contributed by atoms with Gasteiger partial charge in [0.2, 0.25) is 0 Å². The predicted octanol–water partition coefficient (Wildman–Crippen LogP) is 0.698. The zero-order valence-electron chi connectivity index (χ0n) is 16.8. The van der Waals surface area contributed by atoms with Crippen LogP contribution in [0.25, 0.3) is 0 Å². The Kier molecular flexibility index (Phi) is 5.74. The van der Waals surface area contributed by atoms with Gasteiger partial charge in [-0.05, 0) is 25.2 Å². The Morgan fingerprint density at radius 3 is 2.50 bits per heavy atom. The van der Waals surface area contributed by atoms with E-state index >= 15 is 0 Å². The van der Waals surface area contributed by atoms with Gasteiger partial charge in [0.1, 0.15) is 11.2 Å². The van der Waals surface area contributed by atoms with E-state index in [9.17, 15) is 14.4 Å². The van der Waals surface area contributed by atoms with Gasteiger partial charge in [0.25, 0.3) is 11.8 Å². The molecule has 0 unspecified atom stereocenters. The summed E-state index contributed by atoms with van der Waals surface area (Å²) in [6.07, 6.45) is 4.33. The third kappa shape index (κ3) is 3.39. The molecule has 1 aromatic rings. The van der Waals surface area contributed by atoms with Crippen LogP contribution in [0.3, 0.4) is 0 Å². The highest BCUT2D eigenvalue weighted by atomic mass is 16.3. The SMILES string of the molecule is CC(C)CN1C(=O)N(CCCO)C(=O)C12CCN(C(=O)c1cncn1C)CC2. The Balaban J connectivity index is 1.79. The monoisotopic (exact) mass is 391 g/mol. The highest BCUT2D eigenvalue weighted by Crippen LogP contribution is 2.38. The van der Waals surface area contributed by atoms with Gasteiger partial charge in [0.05, 0.1) is 12.5 Å². The van der Waals surface area contributed by atoms with Gasteiger partial charge in [-0.3, -0.25) is 14.5 Å². The molecule has 0 aliphatic carbocycles. The Bertz CT molecular complexity index is 751. The maximum Gasteiger partial charge on any atom is 0.327 e. The van der Waals surface area contributed by atoms with Crippen molar-refractivity contribution in [2.75, 3.05) is 32.8 Å². The van der Waals surface area contributed by atoms with Crippen molar-refractivity contribution in [2.24, 2.45) is 13.0 Å². The topological polar surface area (TPSA) is 99.0 Å². The van der Waals surface area contributed by atoms with Crippen molar-refractivity contribution < 1.29 is 19.5 Å². The number of hydrogen-bond acceptors (Lipinski definition) is 5. The highest BCUT2D eigenvalue weighted by Gasteiger charge is 2.58. The largest absolute Gasteiger partial charge is 0.396 e. The quantitative estimate of drug-likeness (QED) is 0.720. The summed E-state index contributed by atoms with van der Waals surface area (Å²) in [6.45, 7) is 5.50. The molecule has 2 aliphatic heterocycles. The molecule has 9 nitrogen and oxygen atoms in total. The molecule has 3 heterocycles. The average Bonchev–Trinajstić information content (AvgIpc) is 3.17. The van der Waals surface area contributed by atoms with Crippen LogP contribution in [0.4, 0.5) is 4.79 Å². The number of nitrogens with zero attached hydrogens (tertiary/aromatic N) is 5. The first-order chi connectivity index (χ1) is 13.3. The van der Waals surface area contributed by atoms with E-state index in [4.69, 9.17) is 5.11 Å². The number of rotatable bonds is 6. The lowest BCUT2D eigenvalue weighted by Crippen LogP contribution is -2.58. The Morgan fingerprint density at radius 1 is 1.29 bits per heavy atom. The number of piperidine rings is 1. The fourth-order valence-corrected chi connectivity index (χ4v) is 4.12. The van der Waals surface area contributed by atoms with E-state index in [1.807, 2.05) is 13.8 Å². The Hall–Kier alpha value is -2.42. The van der Waals surface area contributed by atoms with E-state index in [-0.39, 0.29) is 36.9 Å². The second kappa shape index (κ2) is 7.90. The molecular weight excluding hydrogens is 362 g/mol. The van der Waals surface area contributed by atoms with E-state index in [0.29, 0.717) is 44.6 Å². The van der Waals surface area contributed by atoms with E-state index in [0.717, 1.165) is 0 Å². The van der Waals surface area contributed by atoms with Gasteiger partial charge in [-0.1, -0.05) is 13.8 Å². The first kappa shape index (κ1) is 20.3. The molecule has 154 valence electrons. The number of aromatic nitrogens is 2. The fourth-order valence-electron chi connectivity index (χ4n) is 4.12. The number of imidazole rings is 1. The van der Waals surface area contributed by atoms with E-state index < -0.39 is 5.54 Å². The molecule has 0 bridgehead atoms. The van der Waals surface area contributed by atoms with Crippen molar-refractivity contribution >= 4 is 17.8 Å². The molecule has 2 fully saturated rings. The van der Waals surface area contributed by atoms with Crippen LogP contribution in [0.2, 0.25) is 0 Å². The number of amides is 4. The number of hydrogen-bond donors (Lipinski definition) is 1.